The van der Waals surface area contributed by atoms with Crippen molar-refractivity contribution in [2.24, 2.45) is 5.92 Å². The molecule has 3 rings (SSSR count). The maximum atomic E-state index is 12.5. The van der Waals surface area contributed by atoms with Gasteiger partial charge >= 0.3 is 0 Å². The normalized spacial score (nSPS) is 13.9. The summed E-state index contributed by atoms with van der Waals surface area (Å²) in [4.78, 5) is 34.0. The highest BCUT2D eigenvalue weighted by Crippen LogP contribution is 2.20. The molecule has 1 amide bonds. The molecule has 126 valence electrons. The van der Waals surface area contributed by atoms with E-state index < -0.39 is 0 Å². The number of carbonyl (C=O) groups excluding carboxylic acids is 1. The van der Waals surface area contributed by atoms with Crippen molar-refractivity contribution in [1.29, 1.82) is 0 Å². The van der Waals surface area contributed by atoms with Gasteiger partial charge in [0.05, 0.1) is 17.8 Å². The molecule has 0 unspecified atom stereocenters. The van der Waals surface area contributed by atoms with Crippen LogP contribution in [0.1, 0.15) is 37.1 Å². The standard InChI is InChI=1S/C19H23N3O2/c1-12(2)10-17(23)22-9-8-16-15(11-22)19(24)21-18(20-16)14-6-4-13(3)5-7-14/h4-7,12H,8-11H2,1-3H3,(H,20,21,24). The molecule has 5 nitrogen and oxygen atoms in total. The minimum atomic E-state index is -0.141. The first kappa shape index (κ1) is 16.4. The maximum absolute atomic E-state index is 12.5. The van der Waals surface area contributed by atoms with E-state index in [4.69, 9.17) is 0 Å². The first-order valence-electron chi connectivity index (χ1n) is 8.41. The average Bonchev–Trinajstić information content (AvgIpc) is 2.54. The van der Waals surface area contributed by atoms with Gasteiger partial charge in [-0.05, 0) is 12.8 Å². The molecule has 1 aliphatic rings. The highest BCUT2D eigenvalue weighted by Gasteiger charge is 2.24. The van der Waals surface area contributed by atoms with Gasteiger partial charge in [0.25, 0.3) is 5.56 Å². The van der Waals surface area contributed by atoms with Crippen LogP contribution in [0, 0.1) is 12.8 Å². The van der Waals surface area contributed by atoms with E-state index in [-0.39, 0.29) is 11.5 Å². The molecule has 2 heterocycles. The smallest absolute Gasteiger partial charge is 0.256 e. The van der Waals surface area contributed by atoms with Gasteiger partial charge in [-0.25, -0.2) is 4.98 Å². The summed E-state index contributed by atoms with van der Waals surface area (Å²) in [6, 6.07) is 7.92. The lowest BCUT2D eigenvalue weighted by Crippen LogP contribution is -2.40. The second kappa shape index (κ2) is 6.59. The average molecular weight is 325 g/mol. The summed E-state index contributed by atoms with van der Waals surface area (Å²) < 4.78 is 0. The molecular weight excluding hydrogens is 302 g/mol. The van der Waals surface area contributed by atoms with Gasteiger partial charge in [-0.2, -0.15) is 0 Å². The number of hydrogen-bond donors (Lipinski definition) is 1. The van der Waals surface area contributed by atoms with E-state index >= 15 is 0 Å². The van der Waals surface area contributed by atoms with Crippen LogP contribution in [-0.4, -0.2) is 27.3 Å². The quantitative estimate of drug-likeness (QED) is 0.943. The Morgan fingerprint density at radius 3 is 2.67 bits per heavy atom. The number of aromatic amines is 1. The lowest BCUT2D eigenvalue weighted by Gasteiger charge is -2.28. The number of H-pyrrole nitrogens is 1. The van der Waals surface area contributed by atoms with Crippen LogP contribution in [0.25, 0.3) is 11.4 Å². The molecule has 24 heavy (non-hydrogen) atoms. The van der Waals surface area contributed by atoms with Crippen LogP contribution in [0.4, 0.5) is 0 Å². The van der Waals surface area contributed by atoms with Crippen molar-refractivity contribution in [3.63, 3.8) is 0 Å². The first-order valence-corrected chi connectivity index (χ1v) is 8.41. The number of nitrogens with zero attached hydrogens (tertiary/aromatic N) is 2. The molecule has 0 saturated heterocycles. The molecule has 1 aliphatic heterocycles. The molecule has 5 heteroatoms. The zero-order chi connectivity index (χ0) is 17.3. The number of aromatic nitrogens is 2. The van der Waals surface area contributed by atoms with Gasteiger partial charge in [-0.1, -0.05) is 43.7 Å². The second-order valence-electron chi connectivity index (χ2n) is 6.87. The van der Waals surface area contributed by atoms with Crippen molar-refractivity contribution in [2.75, 3.05) is 6.54 Å². The van der Waals surface area contributed by atoms with E-state index in [1.165, 1.54) is 5.56 Å². The van der Waals surface area contributed by atoms with Crippen molar-refractivity contribution in [2.45, 2.75) is 40.2 Å². The Bertz CT molecular complexity index is 806. The number of benzene rings is 1. The zero-order valence-corrected chi connectivity index (χ0v) is 14.4. The molecule has 0 atom stereocenters. The largest absolute Gasteiger partial charge is 0.338 e. The minimum absolute atomic E-state index is 0.109. The number of fused-ring (bicyclic) bond motifs is 1. The van der Waals surface area contributed by atoms with Gasteiger partial charge in [-0.15, -0.1) is 0 Å². The number of aryl methyl sites for hydroxylation is 1. The summed E-state index contributed by atoms with van der Waals surface area (Å²) in [5.74, 6) is 1.03. The molecule has 2 aromatic rings. The molecule has 1 N–H and O–H groups in total. The number of nitrogens with one attached hydrogen (secondary N) is 1. The Morgan fingerprint density at radius 1 is 1.29 bits per heavy atom. The van der Waals surface area contributed by atoms with Gasteiger partial charge in [-0.3, -0.25) is 9.59 Å². The predicted molar refractivity (Wildman–Crippen MR) is 93.6 cm³/mol. The summed E-state index contributed by atoms with van der Waals surface area (Å²) >= 11 is 0. The molecule has 1 aromatic heterocycles. The number of carbonyl (C=O) groups is 1. The van der Waals surface area contributed by atoms with Crippen LogP contribution in [0.2, 0.25) is 0 Å². The van der Waals surface area contributed by atoms with Crippen LogP contribution in [0.15, 0.2) is 29.1 Å². The van der Waals surface area contributed by atoms with Gasteiger partial charge in [0.2, 0.25) is 5.91 Å². The Kier molecular flexibility index (Phi) is 4.51. The maximum Gasteiger partial charge on any atom is 0.256 e. The summed E-state index contributed by atoms with van der Waals surface area (Å²) in [7, 11) is 0. The highest BCUT2D eigenvalue weighted by atomic mass is 16.2. The third-order valence-electron chi connectivity index (χ3n) is 4.33. The third kappa shape index (κ3) is 3.40. The van der Waals surface area contributed by atoms with E-state index in [1.807, 2.05) is 45.0 Å². The fourth-order valence-electron chi connectivity index (χ4n) is 2.96. The van der Waals surface area contributed by atoms with E-state index in [0.717, 1.165) is 11.3 Å². The number of amides is 1. The molecule has 0 radical (unpaired) electrons. The molecule has 0 bridgehead atoms. The van der Waals surface area contributed by atoms with E-state index in [0.29, 0.717) is 43.2 Å². The Balaban J connectivity index is 1.88. The Morgan fingerprint density at radius 2 is 2.00 bits per heavy atom. The van der Waals surface area contributed by atoms with Crippen LogP contribution in [-0.2, 0) is 17.8 Å². The van der Waals surface area contributed by atoms with Gasteiger partial charge in [0, 0.05) is 24.9 Å². The lowest BCUT2D eigenvalue weighted by atomic mass is 10.0. The van der Waals surface area contributed by atoms with Crippen molar-refractivity contribution in [3.8, 4) is 11.4 Å². The van der Waals surface area contributed by atoms with Gasteiger partial charge < -0.3 is 9.88 Å². The number of rotatable bonds is 3. The summed E-state index contributed by atoms with van der Waals surface area (Å²) in [6.45, 7) is 7.06. The summed E-state index contributed by atoms with van der Waals surface area (Å²) in [5, 5.41) is 0. The predicted octanol–water partition coefficient (Wildman–Crippen LogP) is 2.68. The number of hydrogen-bond acceptors (Lipinski definition) is 3. The summed E-state index contributed by atoms with van der Waals surface area (Å²) in [6.07, 6.45) is 1.14. The first-order chi connectivity index (χ1) is 11.4. The van der Waals surface area contributed by atoms with Crippen LogP contribution < -0.4 is 5.56 Å². The van der Waals surface area contributed by atoms with Gasteiger partial charge in [0.1, 0.15) is 5.82 Å². The van der Waals surface area contributed by atoms with E-state index in [2.05, 4.69) is 9.97 Å². The minimum Gasteiger partial charge on any atom is -0.338 e. The van der Waals surface area contributed by atoms with Crippen LogP contribution in [0.3, 0.4) is 0 Å². The van der Waals surface area contributed by atoms with E-state index in [9.17, 15) is 9.59 Å². The second-order valence-corrected chi connectivity index (χ2v) is 6.87. The molecule has 1 aromatic carbocycles. The fraction of sp³-hybridized carbons (Fsp3) is 0.421. The Hall–Kier alpha value is -2.43. The third-order valence-corrected chi connectivity index (χ3v) is 4.33. The van der Waals surface area contributed by atoms with Crippen LogP contribution in [0.5, 0.6) is 0 Å². The monoisotopic (exact) mass is 325 g/mol. The van der Waals surface area contributed by atoms with Crippen molar-refractivity contribution >= 4 is 5.91 Å². The molecule has 0 saturated carbocycles. The van der Waals surface area contributed by atoms with Crippen molar-refractivity contribution in [3.05, 3.63) is 51.4 Å². The van der Waals surface area contributed by atoms with Crippen molar-refractivity contribution < 1.29 is 4.79 Å². The highest BCUT2D eigenvalue weighted by molar-refractivity contribution is 5.76. The summed E-state index contributed by atoms with van der Waals surface area (Å²) in [5.41, 5.74) is 3.35. The topological polar surface area (TPSA) is 66.1 Å². The zero-order valence-electron chi connectivity index (χ0n) is 14.4. The van der Waals surface area contributed by atoms with Crippen LogP contribution >= 0.6 is 0 Å². The SMILES string of the molecule is Cc1ccc(-c2nc3c(c(=O)[nH]2)CN(C(=O)CC(C)C)CC3)cc1. The lowest BCUT2D eigenvalue weighted by molar-refractivity contribution is -0.132. The fourth-order valence-corrected chi connectivity index (χ4v) is 2.96. The molecule has 0 fully saturated rings. The molecule has 0 aliphatic carbocycles. The van der Waals surface area contributed by atoms with Gasteiger partial charge in [0.15, 0.2) is 0 Å². The molecule has 0 spiro atoms. The molecular formula is C19H23N3O2. The van der Waals surface area contributed by atoms with E-state index in [1.54, 1.807) is 4.90 Å². The van der Waals surface area contributed by atoms with Crippen molar-refractivity contribution in [1.82, 2.24) is 14.9 Å². The Labute approximate surface area is 141 Å².